The van der Waals surface area contributed by atoms with Gasteiger partial charge in [0.1, 0.15) is 0 Å². The number of rotatable bonds is 4. The molecule has 2 aromatic rings. The Morgan fingerprint density at radius 3 is 2.73 bits per heavy atom. The Morgan fingerprint density at radius 2 is 2.00 bits per heavy atom. The van der Waals surface area contributed by atoms with E-state index in [1.165, 1.54) is 0 Å². The first-order valence-electron chi connectivity index (χ1n) is 7.27. The number of anilines is 3. The smallest absolute Gasteiger partial charge is 0.253 e. The average molecular weight is 316 g/mol. The zero-order valence-electron chi connectivity index (χ0n) is 12.3. The van der Waals surface area contributed by atoms with Gasteiger partial charge in [-0.25, -0.2) is 0 Å². The van der Waals surface area contributed by atoms with Gasteiger partial charge >= 0.3 is 0 Å². The lowest BCUT2D eigenvalue weighted by Crippen LogP contribution is -2.26. The van der Waals surface area contributed by atoms with Gasteiger partial charge in [-0.1, -0.05) is 17.7 Å². The number of nitrogens with two attached hydrogens (primary N) is 1. The van der Waals surface area contributed by atoms with Crippen LogP contribution in [0.4, 0.5) is 17.1 Å². The van der Waals surface area contributed by atoms with Gasteiger partial charge in [0.2, 0.25) is 0 Å². The van der Waals surface area contributed by atoms with Crippen molar-refractivity contribution in [2.45, 2.75) is 25.8 Å². The van der Waals surface area contributed by atoms with E-state index < -0.39 is 0 Å². The second kappa shape index (κ2) is 5.89. The van der Waals surface area contributed by atoms with Gasteiger partial charge in [-0.05, 0) is 55.7 Å². The third-order valence-electron chi connectivity index (χ3n) is 3.74. The van der Waals surface area contributed by atoms with Crippen molar-refractivity contribution in [1.29, 1.82) is 0 Å². The van der Waals surface area contributed by atoms with Crippen LogP contribution in [0.3, 0.4) is 0 Å². The Morgan fingerprint density at radius 1 is 1.23 bits per heavy atom. The van der Waals surface area contributed by atoms with Crippen molar-refractivity contribution in [2.75, 3.05) is 11.1 Å². The number of nitrogens with one attached hydrogen (secondary N) is 2. The maximum absolute atomic E-state index is 12.4. The molecule has 0 bridgehead atoms. The Labute approximate surface area is 134 Å². The number of hydrogen-bond acceptors (Lipinski definition) is 3. The van der Waals surface area contributed by atoms with Crippen LogP contribution < -0.4 is 16.4 Å². The predicted octanol–water partition coefficient (Wildman–Crippen LogP) is 3.87. The summed E-state index contributed by atoms with van der Waals surface area (Å²) < 4.78 is 0. The van der Waals surface area contributed by atoms with Crippen LogP contribution >= 0.6 is 11.6 Å². The number of amides is 1. The normalized spacial score (nSPS) is 13.7. The Balaban J connectivity index is 1.92. The molecule has 0 unspecified atom stereocenters. The quantitative estimate of drug-likeness (QED) is 0.750. The summed E-state index contributed by atoms with van der Waals surface area (Å²) in [6, 6.07) is 11.2. The first-order valence-corrected chi connectivity index (χ1v) is 7.65. The van der Waals surface area contributed by atoms with Crippen molar-refractivity contribution in [3.8, 4) is 0 Å². The van der Waals surface area contributed by atoms with E-state index in [2.05, 4.69) is 10.6 Å². The van der Waals surface area contributed by atoms with E-state index in [1.54, 1.807) is 12.1 Å². The van der Waals surface area contributed by atoms with Crippen molar-refractivity contribution in [1.82, 2.24) is 5.32 Å². The molecule has 0 heterocycles. The molecule has 1 saturated carbocycles. The maximum Gasteiger partial charge on any atom is 0.253 e. The molecule has 4 N–H and O–H groups in total. The molecule has 0 saturated heterocycles. The van der Waals surface area contributed by atoms with E-state index in [0.29, 0.717) is 22.3 Å². The lowest BCUT2D eigenvalue weighted by Gasteiger charge is -2.15. The first kappa shape index (κ1) is 14.7. The molecule has 4 nitrogen and oxygen atoms in total. The number of benzene rings is 2. The summed E-state index contributed by atoms with van der Waals surface area (Å²) in [7, 11) is 0. The number of halogens is 1. The topological polar surface area (TPSA) is 67.1 Å². The van der Waals surface area contributed by atoms with E-state index in [-0.39, 0.29) is 5.91 Å². The minimum Gasteiger partial charge on any atom is -0.399 e. The molecule has 3 rings (SSSR count). The number of nitrogen functional groups attached to an aromatic ring is 1. The van der Waals surface area contributed by atoms with Crippen LogP contribution in [0.1, 0.15) is 28.8 Å². The van der Waals surface area contributed by atoms with Crippen molar-refractivity contribution >= 4 is 34.6 Å². The Kier molecular flexibility index (Phi) is 3.94. The molecule has 2 aromatic carbocycles. The number of carbonyl (C=O) groups is 1. The fraction of sp³-hybridized carbons (Fsp3) is 0.235. The van der Waals surface area contributed by atoms with Gasteiger partial charge in [0.15, 0.2) is 0 Å². The van der Waals surface area contributed by atoms with Crippen LogP contribution in [0.15, 0.2) is 36.4 Å². The van der Waals surface area contributed by atoms with Crippen molar-refractivity contribution in [2.24, 2.45) is 0 Å². The fourth-order valence-corrected chi connectivity index (χ4v) is 2.41. The molecule has 0 atom stereocenters. The summed E-state index contributed by atoms with van der Waals surface area (Å²) in [4.78, 5) is 12.4. The zero-order chi connectivity index (χ0) is 15.7. The van der Waals surface area contributed by atoms with Crippen LogP contribution in [-0.4, -0.2) is 11.9 Å². The minimum absolute atomic E-state index is 0.100. The molecular formula is C17H18ClN3O. The van der Waals surface area contributed by atoms with Gasteiger partial charge in [-0.2, -0.15) is 0 Å². The molecule has 0 aromatic heterocycles. The monoisotopic (exact) mass is 315 g/mol. The van der Waals surface area contributed by atoms with Crippen LogP contribution in [0.25, 0.3) is 0 Å². The fourth-order valence-electron chi connectivity index (χ4n) is 2.24. The average Bonchev–Trinajstić information content (AvgIpc) is 3.29. The molecule has 22 heavy (non-hydrogen) atoms. The van der Waals surface area contributed by atoms with Gasteiger partial charge in [-0.15, -0.1) is 0 Å². The van der Waals surface area contributed by atoms with Crippen LogP contribution in [0.2, 0.25) is 5.02 Å². The summed E-state index contributed by atoms with van der Waals surface area (Å²) in [6.07, 6.45) is 2.09. The molecular weight excluding hydrogens is 298 g/mol. The van der Waals surface area contributed by atoms with E-state index in [4.69, 9.17) is 17.3 Å². The van der Waals surface area contributed by atoms with Crippen LogP contribution in [-0.2, 0) is 0 Å². The third kappa shape index (κ3) is 3.17. The van der Waals surface area contributed by atoms with Crippen molar-refractivity contribution < 1.29 is 4.79 Å². The largest absolute Gasteiger partial charge is 0.399 e. The lowest BCUT2D eigenvalue weighted by atomic mass is 10.1. The number of carbonyl (C=O) groups excluding carboxylic acids is 1. The molecule has 114 valence electrons. The summed E-state index contributed by atoms with van der Waals surface area (Å²) in [5.41, 5.74) is 9.47. The molecule has 5 heteroatoms. The highest BCUT2D eigenvalue weighted by molar-refractivity contribution is 6.31. The Hall–Kier alpha value is -2.20. The van der Waals surface area contributed by atoms with E-state index in [9.17, 15) is 4.79 Å². The third-order valence-corrected chi connectivity index (χ3v) is 4.15. The van der Waals surface area contributed by atoms with Crippen LogP contribution in [0.5, 0.6) is 0 Å². The first-order chi connectivity index (χ1) is 10.5. The lowest BCUT2D eigenvalue weighted by molar-refractivity contribution is 0.0952. The van der Waals surface area contributed by atoms with Gasteiger partial charge in [0.05, 0.1) is 11.3 Å². The summed E-state index contributed by atoms with van der Waals surface area (Å²) in [5, 5.41) is 6.96. The maximum atomic E-state index is 12.4. The van der Waals surface area contributed by atoms with Crippen molar-refractivity contribution in [3.63, 3.8) is 0 Å². The van der Waals surface area contributed by atoms with Crippen LogP contribution in [0, 0.1) is 6.92 Å². The van der Waals surface area contributed by atoms with Crippen molar-refractivity contribution in [3.05, 3.63) is 52.5 Å². The summed E-state index contributed by atoms with van der Waals surface area (Å²) in [6.45, 7) is 1.94. The molecule has 1 fully saturated rings. The summed E-state index contributed by atoms with van der Waals surface area (Å²) >= 11 is 6.15. The van der Waals surface area contributed by atoms with E-state index in [0.717, 1.165) is 29.8 Å². The second-order valence-electron chi connectivity index (χ2n) is 5.59. The SMILES string of the molecule is Cc1c(Cl)cccc1Nc1ccc(N)cc1C(=O)NC1CC1. The van der Waals surface area contributed by atoms with Gasteiger partial charge in [-0.3, -0.25) is 4.79 Å². The molecule has 1 aliphatic carbocycles. The molecule has 0 radical (unpaired) electrons. The van der Waals surface area contributed by atoms with Gasteiger partial charge in [0, 0.05) is 22.4 Å². The highest BCUT2D eigenvalue weighted by Gasteiger charge is 2.25. The predicted molar refractivity (Wildman–Crippen MR) is 90.8 cm³/mol. The van der Waals surface area contributed by atoms with Gasteiger partial charge in [0.25, 0.3) is 5.91 Å². The number of hydrogen-bond donors (Lipinski definition) is 3. The molecule has 1 aliphatic rings. The highest BCUT2D eigenvalue weighted by Crippen LogP contribution is 2.29. The molecule has 1 amide bonds. The van der Waals surface area contributed by atoms with E-state index in [1.807, 2.05) is 31.2 Å². The summed E-state index contributed by atoms with van der Waals surface area (Å²) in [5.74, 6) is -0.100. The zero-order valence-corrected chi connectivity index (χ0v) is 13.1. The molecule has 0 aliphatic heterocycles. The second-order valence-corrected chi connectivity index (χ2v) is 6.00. The van der Waals surface area contributed by atoms with Gasteiger partial charge < -0.3 is 16.4 Å². The van der Waals surface area contributed by atoms with E-state index >= 15 is 0 Å². The Bertz CT molecular complexity index is 726. The standard InChI is InChI=1S/C17H18ClN3O/c1-10-14(18)3-2-4-15(10)21-16-8-5-11(19)9-13(16)17(22)20-12-6-7-12/h2-5,8-9,12,21H,6-7,19H2,1H3,(H,20,22). The minimum atomic E-state index is -0.100. The highest BCUT2D eigenvalue weighted by atomic mass is 35.5. The molecule has 0 spiro atoms.